The van der Waals surface area contributed by atoms with Crippen LogP contribution in [0.25, 0.3) is 0 Å². The number of carbonyl (C=O) groups is 7. The van der Waals surface area contributed by atoms with Crippen LogP contribution in [0, 0.1) is 0 Å². The van der Waals surface area contributed by atoms with E-state index in [-0.39, 0.29) is 38.2 Å². The summed E-state index contributed by atoms with van der Waals surface area (Å²) >= 11 is 0. The highest BCUT2D eigenvalue weighted by molar-refractivity contribution is 5.93. The maximum atomic E-state index is 12.8. The summed E-state index contributed by atoms with van der Waals surface area (Å²) in [6.07, 6.45) is -2.89. The lowest BCUT2D eigenvalue weighted by Crippen LogP contribution is -2.54. The molecular weight excluding hydrogens is 506 g/mol. The van der Waals surface area contributed by atoms with Gasteiger partial charge < -0.3 is 48.8 Å². The Labute approximate surface area is 220 Å². The number of aliphatic imine (C=N–C) groups is 1. The minimum absolute atomic E-state index is 0.109. The predicted octanol–water partition coefficient (Wildman–Crippen LogP) is -4.26. The van der Waals surface area contributed by atoms with E-state index in [4.69, 9.17) is 35.1 Å². The maximum Gasteiger partial charge on any atom is 0.303 e. The van der Waals surface area contributed by atoms with E-state index in [1.54, 1.807) is 0 Å². The second kappa shape index (κ2) is 18.0. The van der Waals surface area contributed by atoms with Crippen LogP contribution in [-0.2, 0) is 33.6 Å². The van der Waals surface area contributed by atoms with Crippen LogP contribution in [0.4, 0.5) is 0 Å². The summed E-state index contributed by atoms with van der Waals surface area (Å²) < 4.78 is 6.94. The van der Waals surface area contributed by atoms with Gasteiger partial charge in [0.25, 0.3) is 0 Å². The van der Waals surface area contributed by atoms with E-state index in [1.165, 1.54) is 0 Å². The largest absolute Gasteiger partial charge is 0.481 e. The molecule has 0 aliphatic heterocycles. The predicted molar refractivity (Wildman–Crippen MR) is 132 cm³/mol. The summed E-state index contributed by atoms with van der Waals surface area (Å²) in [7, 11) is 0. The molecule has 0 fully saturated rings. The van der Waals surface area contributed by atoms with Crippen molar-refractivity contribution in [3.63, 3.8) is 0 Å². The van der Waals surface area contributed by atoms with Crippen LogP contribution in [0.5, 0.6) is 0 Å². The first-order valence-corrected chi connectivity index (χ1v) is 11.6. The molecule has 0 heterocycles. The number of hydrogen-bond donors (Lipinski definition) is 8. The number of guanidine groups is 1. The molecule has 213 valence electrons. The lowest BCUT2D eigenvalue weighted by molar-refractivity contribution is -0.137. The van der Waals surface area contributed by atoms with Crippen LogP contribution in [0.3, 0.4) is 0 Å². The van der Waals surface area contributed by atoms with Crippen molar-refractivity contribution in [3.8, 4) is 0 Å². The Kier molecular flexibility index (Phi) is 15.1. The molecule has 1 radical (unpaired) electrons. The Hall–Kier alpha value is -4.28. The number of carboxylic acids is 1. The minimum Gasteiger partial charge on any atom is -0.481 e. The van der Waals surface area contributed by atoms with Crippen molar-refractivity contribution in [2.24, 2.45) is 27.9 Å². The van der Waals surface area contributed by atoms with Crippen molar-refractivity contribution >= 4 is 47.7 Å². The summed E-state index contributed by atoms with van der Waals surface area (Å²) in [5, 5.41) is 15.6. The van der Waals surface area contributed by atoms with Gasteiger partial charge >= 0.3 is 5.97 Å². The third-order valence-electron chi connectivity index (χ3n) is 5.08. The first-order chi connectivity index (χ1) is 18.1. The molecule has 17 heteroatoms. The number of amides is 5. The molecule has 0 rings (SSSR count). The third-order valence-corrected chi connectivity index (χ3v) is 5.08. The van der Waals surface area contributed by atoms with Gasteiger partial charge in [-0.15, -0.1) is 0 Å². The first kappa shape index (κ1) is 31.7. The summed E-state index contributed by atoms with van der Waals surface area (Å²) in [4.78, 5) is 86.5. The molecule has 0 aromatic carbocycles. The monoisotopic (exact) mass is 544 g/mol. The number of rotatable bonds is 20. The van der Waals surface area contributed by atoms with Gasteiger partial charge in [-0.25, -0.2) is 5.73 Å². The molecule has 0 aliphatic carbocycles. The smallest absolute Gasteiger partial charge is 0.303 e. The van der Waals surface area contributed by atoms with E-state index < -0.39 is 85.2 Å². The molecule has 0 aromatic rings. The van der Waals surface area contributed by atoms with Gasteiger partial charge in [-0.05, 0) is 32.1 Å². The molecule has 0 bridgehead atoms. The fourth-order valence-electron chi connectivity index (χ4n) is 3.03. The van der Waals surface area contributed by atoms with E-state index in [9.17, 15) is 33.6 Å². The Morgan fingerprint density at radius 1 is 0.842 bits per heavy atom. The maximum absolute atomic E-state index is 12.8. The minimum atomic E-state index is -1.55. The highest BCUT2D eigenvalue weighted by Crippen LogP contribution is 2.06. The number of hydrogen-bond acceptors (Lipinski definition) is 8. The molecule has 0 saturated carbocycles. The van der Waals surface area contributed by atoms with Crippen molar-refractivity contribution in [2.75, 3.05) is 6.54 Å². The van der Waals surface area contributed by atoms with Crippen LogP contribution in [0.2, 0.25) is 0 Å². The van der Waals surface area contributed by atoms with E-state index in [2.05, 4.69) is 20.9 Å². The van der Waals surface area contributed by atoms with Gasteiger partial charge in [0.2, 0.25) is 29.5 Å². The molecule has 17 nitrogen and oxygen atoms in total. The number of carboxylic acid groups (broad SMARTS) is 1. The van der Waals surface area contributed by atoms with E-state index in [0.29, 0.717) is 6.42 Å². The summed E-state index contributed by atoms with van der Waals surface area (Å²) in [6.45, 7) is 0.180. The lowest BCUT2D eigenvalue weighted by atomic mass is 10.1. The molecule has 0 saturated heterocycles. The van der Waals surface area contributed by atoms with Gasteiger partial charge in [-0.3, -0.25) is 33.8 Å². The third kappa shape index (κ3) is 15.0. The number of nitrogens with zero attached hydrogens (tertiary/aromatic N) is 1. The van der Waals surface area contributed by atoms with Crippen molar-refractivity contribution in [1.82, 2.24) is 21.7 Å². The van der Waals surface area contributed by atoms with Gasteiger partial charge in [0, 0.05) is 25.8 Å². The van der Waals surface area contributed by atoms with Crippen molar-refractivity contribution in [3.05, 3.63) is 0 Å². The number of aliphatic carboxylic acids is 1. The second-order valence-corrected chi connectivity index (χ2v) is 8.20. The topological polar surface area (TPSA) is 316 Å². The zero-order valence-corrected chi connectivity index (χ0v) is 20.7. The molecule has 0 aliphatic rings. The summed E-state index contributed by atoms with van der Waals surface area (Å²) in [6, 6.07) is -5.49. The van der Waals surface area contributed by atoms with E-state index >= 15 is 0 Å². The number of nitrogens with two attached hydrogens (primary N) is 4. The molecule has 38 heavy (non-hydrogen) atoms. The van der Waals surface area contributed by atoms with Crippen molar-refractivity contribution in [2.45, 2.75) is 75.5 Å². The molecular formula is C21H36N9O8. The Bertz CT molecular complexity index is 942. The number of primary amides is 2. The van der Waals surface area contributed by atoms with Crippen LogP contribution >= 0.6 is 0 Å². The SMILES string of the molecule is [3H]C(=O)CCC(NC(=O)C(CCC(=O)NC(CCCN=C(N)N)C(N)=O)NC(=O)C([NH])CCC(=O)O)C(N)=O. The highest BCUT2D eigenvalue weighted by atomic mass is 16.4. The van der Waals surface area contributed by atoms with Gasteiger partial charge in [0.15, 0.2) is 5.96 Å². The average Bonchev–Trinajstić information content (AvgIpc) is 2.83. The Balaban J connectivity index is 5.43. The van der Waals surface area contributed by atoms with Crippen LogP contribution < -0.4 is 44.6 Å². The zero-order valence-electron chi connectivity index (χ0n) is 21.7. The molecule has 13 N–H and O–H groups in total. The van der Waals surface area contributed by atoms with Crippen molar-refractivity contribution in [1.29, 1.82) is 0 Å². The second-order valence-electron chi connectivity index (χ2n) is 8.20. The van der Waals surface area contributed by atoms with Crippen LogP contribution in [-0.4, -0.2) is 83.5 Å². The molecule has 4 atom stereocenters. The zero-order chi connectivity index (χ0) is 30.1. The number of aldehydes is 1. The average molecular weight is 545 g/mol. The molecule has 0 aromatic heterocycles. The van der Waals surface area contributed by atoms with Gasteiger partial charge in [0.05, 0.1) is 0 Å². The van der Waals surface area contributed by atoms with Gasteiger partial charge in [0.1, 0.15) is 31.8 Å². The first-order valence-electron chi connectivity index (χ1n) is 12.1. The fourth-order valence-corrected chi connectivity index (χ4v) is 3.03. The highest BCUT2D eigenvalue weighted by Gasteiger charge is 2.28. The van der Waals surface area contributed by atoms with E-state index in [0.717, 1.165) is 0 Å². The normalized spacial score (nSPS) is 14.0. The molecule has 5 amide bonds. The van der Waals surface area contributed by atoms with Gasteiger partial charge in [-0.2, -0.15) is 0 Å². The van der Waals surface area contributed by atoms with E-state index in [1.807, 2.05) is 0 Å². The molecule has 4 unspecified atom stereocenters. The molecule has 0 spiro atoms. The standard InChI is InChI=1S/C21H36N9O8/c22-11(5-8-16(33)34)19(37)30-14(20(38)29-13(18(24)36)4-2-10-31)6-7-15(32)28-12(17(23)35)3-1-9-27-21(25)26/h10-14,22H,1-9H2,(H2,23,35)(H2,24,36)(H,28,32)(H,29,38)(H,30,37)(H,33,34)(H4,25,26,27)/i10T. The Morgan fingerprint density at radius 3 is 1.95 bits per heavy atom. The van der Waals surface area contributed by atoms with Crippen LogP contribution in [0.15, 0.2) is 4.99 Å². The lowest BCUT2D eigenvalue weighted by Gasteiger charge is -2.23. The van der Waals surface area contributed by atoms with Crippen molar-refractivity contribution < 1.29 is 40.0 Å². The Morgan fingerprint density at radius 2 is 1.42 bits per heavy atom. The fraction of sp³-hybridized carbons (Fsp3) is 0.619. The number of carbonyl (C=O) groups excluding carboxylic acids is 6. The number of nitrogens with one attached hydrogen (secondary N) is 4. The van der Waals surface area contributed by atoms with Crippen LogP contribution in [0.1, 0.15) is 52.7 Å². The summed E-state index contributed by atoms with van der Waals surface area (Å²) in [5.74, 6) is -5.94. The quantitative estimate of drug-likeness (QED) is 0.0315. The summed E-state index contributed by atoms with van der Waals surface area (Å²) in [5.41, 5.74) is 28.8. The van der Waals surface area contributed by atoms with Gasteiger partial charge in [-0.1, -0.05) is 0 Å².